The number of alkyl halides is 3. The van der Waals surface area contributed by atoms with Crippen LogP contribution in [0, 0.1) is 17.7 Å². The Bertz CT molecular complexity index is 768. The van der Waals surface area contributed by atoms with Crippen molar-refractivity contribution >= 4 is 23.5 Å². The summed E-state index contributed by atoms with van der Waals surface area (Å²) in [6, 6.07) is 1.82. The van der Waals surface area contributed by atoms with Crippen molar-refractivity contribution in [2.45, 2.75) is 38.0 Å². The number of hydrogen-bond acceptors (Lipinski definition) is 2. The smallest absolute Gasteiger partial charge is 0.353 e. The van der Waals surface area contributed by atoms with Crippen LogP contribution in [0.4, 0.5) is 22.4 Å². The van der Waals surface area contributed by atoms with Gasteiger partial charge in [-0.1, -0.05) is 17.7 Å². The van der Waals surface area contributed by atoms with Crippen molar-refractivity contribution in [2.75, 3.05) is 13.1 Å². The molecule has 0 spiro atoms. The van der Waals surface area contributed by atoms with E-state index >= 15 is 0 Å². The molecule has 1 aromatic rings. The predicted molar refractivity (Wildman–Crippen MR) is 94.1 cm³/mol. The van der Waals surface area contributed by atoms with Crippen molar-refractivity contribution in [1.82, 2.24) is 15.5 Å². The second kappa shape index (κ2) is 7.77. The molecule has 1 aliphatic heterocycles. The summed E-state index contributed by atoms with van der Waals surface area (Å²) in [6.07, 6.45) is -4.57. The van der Waals surface area contributed by atoms with Crippen LogP contribution in [0.3, 0.4) is 0 Å². The lowest BCUT2D eigenvalue weighted by Gasteiger charge is -2.43. The highest BCUT2D eigenvalue weighted by atomic mass is 35.5. The Morgan fingerprint density at radius 1 is 1.36 bits per heavy atom. The van der Waals surface area contributed by atoms with Gasteiger partial charge in [0.2, 0.25) is 5.91 Å². The number of halogens is 5. The van der Waals surface area contributed by atoms with Gasteiger partial charge in [0, 0.05) is 13.1 Å². The van der Waals surface area contributed by atoms with Gasteiger partial charge in [-0.2, -0.15) is 13.2 Å². The number of amides is 3. The van der Waals surface area contributed by atoms with Gasteiger partial charge < -0.3 is 15.5 Å². The Kier molecular flexibility index (Phi) is 5.74. The maximum atomic E-state index is 13.5. The first-order chi connectivity index (χ1) is 13.1. The third kappa shape index (κ3) is 4.19. The molecule has 1 saturated heterocycles. The van der Waals surface area contributed by atoms with E-state index in [9.17, 15) is 27.2 Å². The fourth-order valence-electron chi connectivity index (χ4n) is 3.66. The SMILES string of the molecule is C[C@@H]1C(=O)NCCN1C(=O)N[C@H](c1ccc(F)c(Cl)c1)[C@H]1C[C@H](C(F)(F)F)C1. The Morgan fingerprint density at radius 2 is 2.04 bits per heavy atom. The molecule has 0 bridgehead atoms. The number of benzene rings is 1. The number of piperazine rings is 1. The fourth-order valence-corrected chi connectivity index (χ4v) is 3.85. The molecule has 2 atom stereocenters. The zero-order chi connectivity index (χ0) is 20.6. The second-order valence-electron chi connectivity index (χ2n) is 7.23. The van der Waals surface area contributed by atoms with Crippen LogP contribution in [0.15, 0.2) is 18.2 Å². The van der Waals surface area contributed by atoms with E-state index in [4.69, 9.17) is 11.6 Å². The van der Waals surface area contributed by atoms with E-state index in [0.717, 1.165) is 6.07 Å². The van der Waals surface area contributed by atoms with Gasteiger partial charge >= 0.3 is 12.2 Å². The molecular weight excluding hydrogens is 402 g/mol. The highest BCUT2D eigenvalue weighted by molar-refractivity contribution is 6.30. The summed E-state index contributed by atoms with van der Waals surface area (Å²) >= 11 is 5.82. The summed E-state index contributed by atoms with van der Waals surface area (Å²) in [5.41, 5.74) is 0.430. The maximum Gasteiger partial charge on any atom is 0.391 e. The Hall–Kier alpha value is -2.03. The van der Waals surface area contributed by atoms with Crippen LogP contribution in [-0.2, 0) is 4.79 Å². The number of nitrogens with zero attached hydrogens (tertiary/aromatic N) is 1. The van der Waals surface area contributed by atoms with Gasteiger partial charge in [0.05, 0.1) is 17.0 Å². The molecule has 1 aromatic carbocycles. The molecule has 1 heterocycles. The Labute approximate surface area is 164 Å². The van der Waals surface area contributed by atoms with E-state index in [1.165, 1.54) is 17.0 Å². The molecule has 28 heavy (non-hydrogen) atoms. The van der Waals surface area contributed by atoms with Crippen LogP contribution >= 0.6 is 11.6 Å². The number of urea groups is 1. The lowest BCUT2D eigenvalue weighted by Crippen LogP contribution is -2.59. The Balaban J connectivity index is 1.79. The summed E-state index contributed by atoms with van der Waals surface area (Å²) in [6.45, 7) is 2.15. The molecule has 1 aliphatic carbocycles. The lowest BCUT2D eigenvalue weighted by atomic mass is 9.69. The van der Waals surface area contributed by atoms with Gasteiger partial charge in [0.25, 0.3) is 0 Å². The molecule has 154 valence electrons. The van der Waals surface area contributed by atoms with E-state index in [2.05, 4.69) is 10.6 Å². The van der Waals surface area contributed by atoms with Crippen LogP contribution in [0.5, 0.6) is 0 Å². The van der Waals surface area contributed by atoms with Gasteiger partial charge in [-0.15, -0.1) is 0 Å². The van der Waals surface area contributed by atoms with Crippen molar-refractivity contribution in [1.29, 1.82) is 0 Å². The molecule has 0 unspecified atom stereocenters. The summed E-state index contributed by atoms with van der Waals surface area (Å²) in [4.78, 5) is 25.8. The monoisotopic (exact) mass is 421 g/mol. The van der Waals surface area contributed by atoms with Crippen molar-refractivity contribution in [3.8, 4) is 0 Å². The minimum atomic E-state index is -4.29. The minimum Gasteiger partial charge on any atom is -0.353 e. The molecule has 2 fully saturated rings. The normalized spacial score (nSPS) is 26.3. The van der Waals surface area contributed by atoms with E-state index in [0.29, 0.717) is 12.1 Å². The molecule has 10 heteroatoms. The number of carbonyl (C=O) groups excluding carboxylic acids is 2. The molecule has 3 amide bonds. The van der Waals surface area contributed by atoms with Gasteiger partial charge in [0.1, 0.15) is 11.9 Å². The molecule has 3 rings (SSSR count). The van der Waals surface area contributed by atoms with Crippen molar-refractivity contribution in [3.63, 3.8) is 0 Å². The first-order valence-corrected chi connectivity index (χ1v) is 9.32. The molecule has 2 N–H and O–H groups in total. The van der Waals surface area contributed by atoms with Crippen LogP contribution < -0.4 is 10.6 Å². The number of nitrogens with one attached hydrogen (secondary N) is 2. The zero-order valence-electron chi connectivity index (χ0n) is 15.0. The first kappa shape index (κ1) is 20.7. The van der Waals surface area contributed by atoms with Crippen LogP contribution in [0.2, 0.25) is 5.02 Å². The van der Waals surface area contributed by atoms with E-state index in [-0.39, 0.29) is 30.3 Å². The van der Waals surface area contributed by atoms with Crippen LogP contribution in [0.25, 0.3) is 0 Å². The average molecular weight is 422 g/mol. The van der Waals surface area contributed by atoms with E-state index < -0.39 is 41.9 Å². The van der Waals surface area contributed by atoms with Crippen molar-refractivity contribution < 1.29 is 27.2 Å². The highest BCUT2D eigenvalue weighted by Crippen LogP contribution is 2.49. The molecule has 5 nitrogen and oxygen atoms in total. The summed E-state index contributed by atoms with van der Waals surface area (Å²) < 4.78 is 52.2. The standard InChI is InChI=1S/C18H20ClF4N3O2/c1-9-16(27)24-4-5-26(9)17(28)25-15(10-2-3-14(20)13(19)8-10)11-6-12(7-11)18(21,22)23/h2-3,8-9,11-12,15H,4-7H2,1H3,(H,24,27)(H,25,28)/t9-,11-,12-,15-/m1/s1. The van der Waals surface area contributed by atoms with E-state index in [1.54, 1.807) is 6.92 Å². The zero-order valence-corrected chi connectivity index (χ0v) is 15.8. The third-order valence-electron chi connectivity index (χ3n) is 5.45. The summed E-state index contributed by atoms with van der Waals surface area (Å²) in [5.74, 6) is -2.85. The van der Waals surface area contributed by atoms with Gasteiger partial charge in [-0.25, -0.2) is 9.18 Å². The van der Waals surface area contributed by atoms with E-state index in [1.807, 2.05) is 0 Å². The summed E-state index contributed by atoms with van der Waals surface area (Å²) in [7, 11) is 0. The first-order valence-electron chi connectivity index (χ1n) is 8.94. The lowest BCUT2D eigenvalue weighted by molar-refractivity contribution is -0.206. The van der Waals surface area contributed by atoms with Crippen LogP contribution in [-0.4, -0.2) is 42.1 Å². The fraction of sp³-hybridized carbons (Fsp3) is 0.556. The minimum absolute atomic E-state index is 0.139. The van der Waals surface area contributed by atoms with Crippen molar-refractivity contribution in [3.05, 3.63) is 34.6 Å². The Morgan fingerprint density at radius 3 is 2.64 bits per heavy atom. The largest absolute Gasteiger partial charge is 0.391 e. The number of hydrogen-bond donors (Lipinski definition) is 2. The molecular formula is C18H20ClF4N3O2. The molecule has 2 aliphatic rings. The second-order valence-corrected chi connectivity index (χ2v) is 7.64. The molecule has 0 aromatic heterocycles. The van der Waals surface area contributed by atoms with Crippen LogP contribution in [0.1, 0.15) is 31.4 Å². The maximum absolute atomic E-state index is 13.5. The quantitative estimate of drug-likeness (QED) is 0.732. The topological polar surface area (TPSA) is 61.4 Å². The van der Waals surface area contributed by atoms with Gasteiger partial charge in [-0.05, 0) is 43.4 Å². The molecule has 0 radical (unpaired) electrons. The molecule has 1 saturated carbocycles. The van der Waals surface area contributed by atoms with Gasteiger partial charge in [-0.3, -0.25) is 4.79 Å². The number of carbonyl (C=O) groups is 2. The van der Waals surface area contributed by atoms with Gasteiger partial charge in [0.15, 0.2) is 0 Å². The third-order valence-corrected chi connectivity index (χ3v) is 5.74. The average Bonchev–Trinajstić information content (AvgIpc) is 2.56. The predicted octanol–water partition coefficient (Wildman–Crippen LogP) is 3.64. The summed E-state index contributed by atoms with van der Waals surface area (Å²) in [5, 5.41) is 5.20. The van der Waals surface area contributed by atoms with Crippen molar-refractivity contribution in [2.24, 2.45) is 11.8 Å². The highest BCUT2D eigenvalue weighted by Gasteiger charge is 2.50. The number of rotatable bonds is 3.